The van der Waals surface area contributed by atoms with Crippen LogP contribution < -0.4 is 4.74 Å². The van der Waals surface area contributed by atoms with E-state index in [1.165, 1.54) is 0 Å². The highest BCUT2D eigenvalue weighted by Gasteiger charge is 2.20. The van der Waals surface area contributed by atoms with Gasteiger partial charge in [0, 0.05) is 16.7 Å². The predicted molar refractivity (Wildman–Crippen MR) is 70.5 cm³/mol. The minimum atomic E-state index is 0.338. The summed E-state index contributed by atoms with van der Waals surface area (Å²) >= 11 is 0. The number of ether oxygens (including phenoxy) is 1. The van der Waals surface area contributed by atoms with E-state index >= 15 is 0 Å². The van der Waals surface area contributed by atoms with Crippen LogP contribution in [0.5, 0.6) is 5.75 Å². The second-order valence-corrected chi connectivity index (χ2v) is 4.17. The van der Waals surface area contributed by atoms with E-state index in [1.54, 1.807) is 0 Å². The molecule has 0 unspecified atom stereocenters. The molecule has 0 saturated heterocycles. The zero-order valence-electron chi connectivity index (χ0n) is 9.80. The SMILES string of the molecule is O=CC1=C(c2ccccc2)c2ccccc2OC1. The van der Waals surface area contributed by atoms with Crippen molar-refractivity contribution in [2.24, 2.45) is 0 Å². The van der Waals surface area contributed by atoms with E-state index in [1.807, 2.05) is 54.6 Å². The fourth-order valence-electron chi connectivity index (χ4n) is 2.24. The molecule has 0 bridgehead atoms. The number of carbonyl (C=O) groups excluding carboxylic acids is 1. The molecule has 1 heterocycles. The van der Waals surface area contributed by atoms with Gasteiger partial charge in [0.1, 0.15) is 18.6 Å². The van der Waals surface area contributed by atoms with Crippen molar-refractivity contribution in [1.82, 2.24) is 0 Å². The summed E-state index contributed by atoms with van der Waals surface area (Å²) < 4.78 is 5.59. The summed E-state index contributed by atoms with van der Waals surface area (Å²) in [6, 6.07) is 17.8. The number of hydrogen-bond donors (Lipinski definition) is 0. The van der Waals surface area contributed by atoms with Gasteiger partial charge < -0.3 is 4.74 Å². The molecule has 0 radical (unpaired) electrons. The molecule has 3 rings (SSSR count). The van der Waals surface area contributed by atoms with Gasteiger partial charge in [0.25, 0.3) is 0 Å². The molecule has 0 fully saturated rings. The molecule has 2 nitrogen and oxygen atoms in total. The number of rotatable bonds is 2. The van der Waals surface area contributed by atoms with Crippen molar-refractivity contribution in [2.45, 2.75) is 0 Å². The van der Waals surface area contributed by atoms with Gasteiger partial charge in [0.15, 0.2) is 0 Å². The molecule has 1 aliphatic rings. The topological polar surface area (TPSA) is 26.3 Å². The van der Waals surface area contributed by atoms with Crippen molar-refractivity contribution in [3.63, 3.8) is 0 Å². The fourth-order valence-corrected chi connectivity index (χ4v) is 2.24. The number of aldehydes is 1. The zero-order chi connectivity index (χ0) is 12.4. The Kier molecular flexibility index (Phi) is 2.69. The second kappa shape index (κ2) is 4.49. The molecule has 0 aromatic heterocycles. The Hall–Kier alpha value is -2.35. The van der Waals surface area contributed by atoms with Gasteiger partial charge in [-0.25, -0.2) is 0 Å². The number of carbonyl (C=O) groups is 1. The zero-order valence-corrected chi connectivity index (χ0v) is 9.80. The van der Waals surface area contributed by atoms with E-state index < -0.39 is 0 Å². The van der Waals surface area contributed by atoms with E-state index in [4.69, 9.17) is 4.74 Å². The Labute approximate surface area is 106 Å². The van der Waals surface area contributed by atoms with E-state index in [0.717, 1.165) is 28.7 Å². The van der Waals surface area contributed by atoms with Crippen LogP contribution in [0.3, 0.4) is 0 Å². The van der Waals surface area contributed by atoms with Crippen LogP contribution in [0.1, 0.15) is 11.1 Å². The lowest BCUT2D eigenvalue weighted by Gasteiger charge is -2.21. The van der Waals surface area contributed by atoms with Gasteiger partial charge in [0.05, 0.1) is 0 Å². The van der Waals surface area contributed by atoms with E-state index in [2.05, 4.69) is 0 Å². The first-order valence-corrected chi connectivity index (χ1v) is 5.86. The Balaban J connectivity index is 2.25. The first kappa shape index (κ1) is 10.8. The average molecular weight is 236 g/mol. The second-order valence-electron chi connectivity index (χ2n) is 4.17. The first-order valence-electron chi connectivity index (χ1n) is 5.86. The van der Waals surface area contributed by atoms with Crippen LogP contribution in [-0.2, 0) is 4.79 Å². The largest absolute Gasteiger partial charge is 0.488 e. The molecule has 0 amide bonds. The van der Waals surface area contributed by atoms with E-state index in [-0.39, 0.29) is 0 Å². The molecule has 2 heteroatoms. The van der Waals surface area contributed by atoms with Crippen LogP contribution >= 0.6 is 0 Å². The molecule has 2 aromatic rings. The minimum Gasteiger partial charge on any atom is -0.488 e. The lowest BCUT2D eigenvalue weighted by atomic mass is 9.91. The van der Waals surface area contributed by atoms with Gasteiger partial charge >= 0.3 is 0 Å². The maximum atomic E-state index is 11.2. The molecule has 0 saturated carbocycles. The molecule has 0 N–H and O–H groups in total. The molecule has 0 atom stereocenters. The van der Waals surface area contributed by atoms with Crippen LogP contribution in [0.2, 0.25) is 0 Å². The molecule has 88 valence electrons. The van der Waals surface area contributed by atoms with Gasteiger partial charge in [-0.2, -0.15) is 0 Å². The Morgan fingerprint density at radius 2 is 1.67 bits per heavy atom. The van der Waals surface area contributed by atoms with Crippen molar-refractivity contribution < 1.29 is 9.53 Å². The summed E-state index contributed by atoms with van der Waals surface area (Å²) in [6.07, 6.45) is 0.887. The Morgan fingerprint density at radius 3 is 2.44 bits per heavy atom. The van der Waals surface area contributed by atoms with E-state index in [9.17, 15) is 4.79 Å². The summed E-state index contributed by atoms with van der Waals surface area (Å²) in [6.45, 7) is 0.338. The van der Waals surface area contributed by atoms with Crippen molar-refractivity contribution in [1.29, 1.82) is 0 Å². The summed E-state index contributed by atoms with van der Waals surface area (Å²) in [4.78, 5) is 11.2. The third kappa shape index (κ3) is 1.72. The molecule has 1 aliphatic heterocycles. The molecule has 18 heavy (non-hydrogen) atoms. The fraction of sp³-hybridized carbons (Fsp3) is 0.0625. The molecule has 0 aliphatic carbocycles. The van der Waals surface area contributed by atoms with Crippen LogP contribution in [0.15, 0.2) is 60.2 Å². The lowest BCUT2D eigenvalue weighted by molar-refractivity contribution is -0.105. The minimum absolute atomic E-state index is 0.338. The third-order valence-corrected chi connectivity index (χ3v) is 3.07. The van der Waals surface area contributed by atoms with Crippen LogP contribution in [-0.4, -0.2) is 12.9 Å². The third-order valence-electron chi connectivity index (χ3n) is 3.07. The summed E-state index contributed by atoms with van der Waals surface area (Å²) in [5.41, 5.74) is 3.71. The number of fused-ring (bicyclic) bond motifs is 1. The number of para-hydroxylation sites is 1. The Morgan fingerprint density at radius 1 is 0.944 bits per heavy atom. The van der Waals surface area contributed by atoms with Crippen LogP contribution in [0.25, 0.3) is 5.57 Å². The smallest absolute Gasteiger partial charge is 0.150 e. The Bertz CT molecular complexity index is 612. The number of benzene rings is 2. The van der Waals surface area contributed by atoms with Crippen molar-refractivity contribution >= 4 is 11.9 Å². The van der Waals surface area contributed by atoms with Gasteiger partial charge in [-0.05, 0) is 11.6 Å². The predicted octanol–water partition coefficient (Wildman–Crippen LogP) is 3.08. The average Bonchev–Trinajstić information content (AvgIpc) is 2.47. The molecular formula is C16H12O2. The highest BCUT2D eigenvalue weighted by atomic mass is 16.5. The first-order chi connectivity index (χ1) is 8.90. The molecular weight excluding hydrogens is 224 g/mol. The maximum absolute atomic E-state index is 11.2. The standard InChI is InChI=1S/C16H12O2/c17-10-13-11-18-15-9-5-4-8-14(15)16(13)12-6-2-1-3-7-12/h1-10H,11H2. The van der Waals surface area contributed by atoms with Crippen molar-refractivity contribution in [3.05, 3.63) is 71.3 Å². The molecule has 2 aromatic carbocycles. The molecule has 0 spiro atoms. The quantitative estimate of drug-likeness (QED) is 0.749. The van der Waals surface area contributed by atoms with Crippen molar-refractivity contribution in [3.8, 4) is 5.75 Å². The highest BCUT2D eigenvalue weighted by Crippen LogP contribution is 2.36. The van der Waals surface area contributed by atoms with Crippen molar-refractivity contribution in [2.75, 3.05) is 6.61 Å². The van der Waals surface area contributed by atoms with Gasteiger partial charge in [-0.1, -0.05) is 48.5 Å². The maximum Gasteiger partial charge on any atom is 0.150 e. The van der Waals surface area contributed by atoms with Crippen LogP contribution in [0, 0.1) is 0 Å². The normalized spacial score (nSPS) is 13.8. The lowest BCUT2D eigenvalue weighted by Crippen LogP contribution is -2.12. The van der Waals surface area contributed by atoms with Gasteiger partial charge in [-0.3, -0.25) is 4.79 Å². The summed E-state index contributed by atoms with van der Waals surface area (Å²) in [5.74, 6) is 0.835. The van der Waals surface area contributed by atoms with Gasteiger partial charge in [0.2, 0.25) is 0 Å². The highest BCUT2D eigenvalue weighted by molar-refractivity contribution is 5.97. The van der Waals surface area contributed by atoms with Gasteiger partial charge in [-0.15, -0.1) is 0 Å². The van der Waals surface area contributed by atoms with Crippen LogP contribution in [0.4, 0.5) is 0 Å². The monoisotopic (exact) mass is 236 g/mol. The summed E-state index contributed by atoms with van der Waals surface area (Å²) in [7, 11) is 0. The van der Waals surface area contributed by atoms with E-state index in [0.29, 0.717) is 12.2 Å². The summed E-state index contributed by atoms with van der Waals surface area (Å²) in [5, 5.41) is 0. The number of hydrogen-bond acceptors (Lipinski definition) is 2.